The lowest BCUT2D eigenvalue weighted by Crippen LogP contribution is -2.30. The van der Waals surface area contributed by atoms with E-state index < -0.39 is 28.5 Å². The fourth-order valence-electron chi connectivity index (χ4n) is 2.83. The van der Waals surface area contributed by atoms with Crippen LogP contribution in [0.1, 0.15) is 22.3 Å². The minimum absolute atomic E-state index is 0.126. The minimum Gasteiger partial charge on any atom is -0.314 e. The van der Waals surface area contributed by atoms with Gasteiger partial charge in [-0.3, -0.25) is 4.79 Å². The highest BCUT2D eigenvalue weighted by Crippen LogP contribution is 2.33. The van der Waals surface area contributed by atoms with Crippen LogP contribution in [0.15, 0.2) is 47.6 Å². The van der Waals surface area contributed by atoms with Gasteiger partial charge in [0.25, 0.3) is 5.91 Å². The summed E-state index contributed by atoms with van der Waals surface area (Å²) in [7, 11) is 0. The zero-order valence-electron chi connectivity index (χ0n) is 14.8. The molecule has 0 aliphatic carbocycles. The minimum atomic E-state index is -4.50. The van der Waals surface area contributed by atoms with Crippen molar-refractivity contribution in [3.63, 3.8) is 0 Å². The van der Waals surface area contributed by atoms with Crippen molar-refractivity contribution in [2.24, 2.45) is 5.16 Å². The van der Waals surface area contributed by atoms with E-state index in [1.54, 1.807) is 25.1 Å². The number of alkyl halides is 5. The summed E-state index contributed by atoms with van der Waals surface area (Å²) >= 11 is 10.8. The van der Waals surface area contributed by atoms with Gasteiger partial charge < -0.3 is 9.74 Å². The number of rotatable bonds is 4. The molecule has 3 rings (SSSR count). The molecule has 5 nitrogen and oxygen atoms in total. The van der Waals surface area contributed by atoms with E-state index >= 15 is 0 Å². The van der Waals surface area contributed by atoms with Crippen LogP contribution in [0.2, 0.25) is 0 Å². The average Bonchev–Trinajstić information content (AvgIpc) is 2.90. The molecule has 29 heavy (non-hydrogen) atoms. The van der Waals surface area contributed by atoms with Crippen LogP contribution in [0.4, 0.5) is 18.9 Å². The van der Waals surface area contributed by atoms with E-state index in [4.69, 9.17) is 23.2 Å². The molecule has 1 amide bonds. The maximum Gasteiger partial charge on any atom is 0.416 e. The number of anilines is 1. The molecule has 0 spiro atoms. The Morgan fingerprint density at radius 3 is 2.59 bits per heavy atom. The highest BCUT2D eigenvalue weighted by Gasteiger charge is 2.36. The highest BCUT2D eigenvalue weighted by molar-refractivity contribution is 6.55. The zero-order valence-corrected chi connectivity index (χ0v) is 16.3. The second-order valence-electron chi connectivity index (χ2n) is 6.26. The fraction of sp³-hybridized carbons (Fsp3) is 0.211. The van der Waals surface area contributed by atoms with Crippen molar-refractivity contribution in [3.8, 4) is 0 Å². The monoisotopic (exact) mass is 444 g/mol. The molecule has 0 bridgehead atoms. The average molecular weight is 445 g/mol. The molecule has 1 aliphatic heterocycles. The van der Waals surface area contributed by atoms with E-state index in [2.05, 4.69) is 9.99 Å². The van der Waals surface area contributed by atoms with Crippen LogP contribution in [0.5, 0.6) is 0 Å². The van der Waals surface area contributed by atoms with Gasteiger partial charge in [0.1, 0.15) is 0 Å². The summed E-state index contributed by atoms with van der Waals surface area (Å²) in [5.74, 6) is -1.68. The Kier molecular flexibility index (Phi) is 5.86. The van der Waals surface area contributed by atoms with Gasteiger partial charge in [-0.25, -0.2) is 4.79 Å². The molecule has 0 saturated heterocycles. The largest absolute Gasteiger partial charge is 0.416 e. The lowest BCUT2D eigenvalue weighted by atomic mass is 10.1. The number of aryl methyl sites for hydroxylation is 1. The SMILES string of the molecule is Cc1ccc2c(c1)C(=NOC(=O)C(Cl)Cl)C(=O)N2Cc1cccc(C(F)(F)F)c1. The number of halogens is 5. The van der Waals surface area contributed by atoms with E-state index in [0.717, 1.165) is 17.7 Å². The van der Waals surface area contributed by atoms with Gasteiger partial charge in [-0.15, -0.1) is 0 Å². The van der Waals surface area contributed by atoms with Crippen LogP contribution >= 0.6 is 23.2 Å². The molecule has 0 fully saturated rings. The number of oxime groups is 1. The Balaban J connectivity index is 1.96. The van der Waals surface area contributed by atoms with Gasteiger partial charge in [-0.05, 0) is 36.8 Å². The Morgan fingerprint density at radius 2 is 1.93 bits per heavy atom. The maximum absolute atomic E-state index is 13.0. The van der Waals surface area contributed by atoms with Crippen molar-refractivity contribution in [2.45, 2.75) is 24.5 Å². The predicted molar refractivity (Wildman–Crippen MR) is 102 cm³/mol. The fourth-order valence-corrected chi connectivity index (χ4v) is 2.91. The maximum atomic E-state index is 13.0. The van der Waals surface area contributed by atoms with Crippen molar-refractivity contribution in [2.75, 3.05) is 4.90 Å². The van der Waals surface area contributed by atoms with Crippen molar-refractivity contribution in [3.05, 3.63) is 64.7 Å². The molecule has 0 atom stereocenters. The van der Waals surface area contributed by atoms with Gasteiger partial charge in [0.05, 0.1) is 17.8 Å². The normalized spacial score (nSPS) is 15.2. The standard InChI is InChI=1S/C19H13Cl2F3N2O3/c1-10-5-6-14-13(7-10)15(25-29-18(28)16(20)21)17(27)26(14)9-11-3-2-4-12(8-11)19(22,23)24/h2-8,16H,9H2,1H3. The molecular weight excluding hydrogens is 432 g/mol. The molecule has 10 heteroatoms. The van der Waals surface area contributed by atoms with E-state index in [1.165, 1.54) is 17.0 Å². The molecule has 0 unspecified atom stereocenters. The molecule has 2 aromatic carbocycles. The lowest BCUT2D eigenvalue weighted by molar-refractivity contribution is -0.141. The first kappa shape index (κ1) is 21.1. The highest BCUT2D eigenvalue weighted by atomic mass is 35.5. The summed E-state index contributed by atoms with van der Waals surface area (Å²) in [6, 6.07) is 9.73. The molecule has 0 saturated carbocycles. The van der Waals surface area contributed by atoms with E-state index in [-0.39, 0.29) is 17.8 Å². The number of fused-ring (bicyclic) bond motifs is 1. The summed E-state index contributed by atoms with van der Waals surface area (Å²) in [4.78, 5) is 28.7. The van der Waals surface area contributed by atoms with Crippen LogP contribution in [-0.2, 0) is 27.1 Å². The summed E-state index contributed by atoms with van der Waals surface area (Å²) in [5.41, 5.74) is 0.919. The second kappa shape index (κ2) is 8.04. The van der Waals surface area contributed by atoms with Gasteiger partial charge in [-0.2, -0.15) is 13.2 Å². The molecule has 0 N–H and O–H groups in total. The molecule has 152 valence electrons. The van der Waals surface area contributed by atoms with Crippen molar-refractivity contribution in [1.82, 2.24) is 0 Å². The second-order valence-corrected chi connectivity index (χ2v) is 7.36. The number of nitrogens with zero attached hydrogens (tertiary/aromatic N) is 2. The van der Waals surface area contributed by atoms with E-state index in [0.29, 0.717) is 11.3 Å². The third-order valence-corrected chi connectivity index (χ3v) is 4.50. The molecule has 1 aliphatic rings. The number of hydrogen-bond acceptors (Lipinski definition) is 4. The third kappa shape index (κ3) is 4.54. The number of benzene rings is 2. The van der Waals surface area contributed by atoms with E-state index in [1.807, 2.05) is 0 Å². The van der Waals surface area contributed by atoms with Gasteiger partial charge in [-0.1, -0.05) is 52.1 Å². The van der Waals surface area contributed by atoms with Crippen LogP contribution in [0, 0.1) is 6.92 Å². The summed E-state index contributed by atoms with van der Waals surface area (Å²) in [6.45, 7) is 1.66. The first-order valence-electron chi connectivity index (χ1n) is 8.24. The summed E-state index contributed by atoms with van der Waals surface area (Å²) in [5, 5.41) is 3.58. The Bertz CT molecular complexity index is 1010. The van der Waals surface area contributed by atoms with Crippen molar-refractivity contribution < 1.29 is 27.6 Å². The van der Waals surface area contributed by atoms with Gasteiger partial charge in [0.2, 0.25) is 4.84 Å². The van der Waals surface area contributed by atoms with Gasteiger partial charge >= 0.3 is 12.1 Å². The first-order chi connectivity index (χ1) is 13.6. The van der Waals surface area contributed by atoms with Crippen LogP contribution < -0.4 is 4.90 Å². The molecule has 0 aromatic heterocycles. The van der Waals surface area contributed by atoms with Gasteiger partial charge in [0.15, 0.2) is 5.71 Å². The van der Waals surface area contributed by atoms with Gasteiger partial charge in [0, 0.05) is 5.56 Å². The van der Waals surface area contributed by atoms with Crippen LogP contribution in [0.25, 0.3) is 0 Å². The molecular formula is C19H13Cl2F3N2O3. The van der Waals surface area contributed by atoms with Crippen LogP contribution in [0.3, 0.4) is 0 Å². The molecule has 2 aromatic rings. The molecule has 0 radical (unpaired) electrons. The van der Waals surface area contributed by atoms with Crippen LogP contribution in [-0.4, -0.2) is 22.4 Å². The zero-order chi connectivity index (χ0) is 21.3. The third-order valence-electron chi connectivity index (χ3n) is 4.15. The predicted octanol–water partition coefficient (Wildman–Crippen LogP) is 4.61. The molecule has 1 heterocycles. The number of hydrogen-bond donors (Lipinski definition) is 0. The first-order valence-corrected chi connectivity index (χ1v) is 9.11. The quantitative estimate of drug-likeness (QED) is 0.393. The van der Waals surface area contributed by atoms with E-state index in [9.17, 15) is 22.8 Å². The smallest absolute Gasteiger partial charge is 0.314 e. The van der Waals surface area contributed by atoms with Crippen molar-refractivity contribution >= 4 is 46.5 Å². The lowest BCUT2D eigenvalue weighted by Gasteiger charge is -2.18. The Labute approximate surface area is 173 Å². The number of carbonyl (C=O) groups excluding carboxylic acids is 2. The number of carbonyl (C=O) groups is 2. The Hall–Kier alpha value is -2.58. The Morgan fingerprint density at radius 1 is 1.21 bits per heavy atom. The summed E-state index contributed by atoms with van der Waals surface area (Å²) in [6.07, 6.45) is -4.50. The number of amides is 1. The topological polar surface area (TPSA) is 59.0 Å². The summed E-state index contributed by atoms with van der Waals surface area (Å²) < 4.78 is 38.9. The van der Waals surface area contributed by atoms with Crippen molar-refractivity contribution in [1.29, 1.82) is 0 Å².